The summed E-state index contributed by atoms with van der Waals surface area (Å²) < 4.78 is 28.5. The monoisotopic (exact) mass is 388 g/mol. The molecular weight excluding hydrogens is 365 g/mol. The van der Waals surface area contributed by atoms with E-state index in [1.54, 1.807) is 0 Å². The maximum absolute atomic E-state index is 14.3. The molecule has 1 aromatic rings. The summed E-state index contributed by atoms with van der Waals surface area (Å²) in [5.41, 5.74) is 0.168. The molecular formula is C16H25Cl3F2N2. The van der Waals surface area contributed by atoms with Crippen LogP contribution in [0.1, 0.15) is 38.3 Å². The first-order valence-electron chi connectivity index (χ1n) is 7.58. The third kappa shape index (κ3) is 6.35. The molecule has 134 valence electrons. The van der Waals surface area contributed by atoms with Gasteiger partial charge in [0.25, 0.3) is 0 Å². The second-order valence-electron chi connectivity index (χ2n) is 6.06. The Labute approximate surface area is 154 Å². The number of halogens is 5. The topological polar surface area (TPSA) is 15.3 Å². The van der Waals surface area contributed by atoms with Crippen molar-refractivity contribution in [3.8, 4) is 0 Å². The molecule has 2 nitrogen and oxygen atoms in total. The summed E-state index contributed by atoms with van der Waals surface area (Å²) in [6.07, 6.45) is 1.70. The Morgan fingerprint density at radius 3 is 2.09 bits per heavy atom. The smallest absolute Gasteiger partial charge is 0.132 e. The number of piperazine rings is 1. The molecule has 2 rings (SSSR count). The molecule has 0 amide bonds. The molecule has 0 radical (unpaired) electrons. The molecule has 0 aliphatic carbocycles. The van der Waals surface area contributed by atoms with Crippen LogP contribution in [0.15, 0.2) is 12.1 Å². The highest BCUT2D eigenvalue weighted by molar-refractivity contribution is 6.30. The molecule has 1 saturated heterocycles. The van der Waals surface area contributed by atoms with Crippen molar-refractivity contribution in [1.82, 2.24) is 10.2 Å². The van der Waals surface area contributed by atoms with Gasteiger partial charge in [-0.15, -0.1) is 24.8 Å². The van der Waals surface area contributed by atoms with Gasteiger partial charge >= 0.3 is 0 Å². The van der Waals surface area contributed by atoms with Crippen molar-refractivity contribution >= 4 is 36.4 Å². The zero-order valence-corrected chi connectivity index (χ0v) is 15.8. The molecule has 0 saturated carbocycles. The third-order valence-electron chi connectivity index (χ3n) is 3.99. The van der Waals surface area contributed by atoms with Crippen LogP contribution in [0.4, 0.5) is 8.78 Å². The Bertz CT molecular complexity index is 457. The minimum Gasteiger partial charge on any atom is -0.314 e. The Balaban J connectivity index is 0.00000242. The molecule has 0 bridgehead atoms. The molecule has 7 heteroatoms. The summed E-state index contributed by atoms with van der Waals surface area (Å²) in [7, 11) is 0. The molecule has 0 spiro atoms. The van der Waals surface area contributed by atoms with E-state index in [0.29, 0.717) is 5.92 Å². The highest BCUT2D eigenvalue weighted by Gasteiger charge is 2.27. The van der Waals surface area contributed by atoms with Crippen LogP contribution >= 0.6 is 36.4 Å². The van der Waals surface area contributed by atoms with E-state index >= 15 is 0 Å². The van der Waals surface area contributed by atoms with E-state index in [-0.39, 0.29) is 41.4 Å². The van der Waals surface area contributed by atoms with Gasteiger partial charge in [-0.1, -0.05) is 25.4 Å². The van der Waals surface area contributed by atoms with Crippen molar-refractivity contribution < 1.29 is 8.78 Å². The lowest BCUT2D eigenvalue weighted by atomic mass is 9.95. The van der Waals surface area contributed by atoms with Crippen molar-refractivity contribution in [3.63, 3.8) is 0 Å². The average Bonchev–Trinajstić information content (AvgIpc) is 2.42. The van der Waals surface area contributed by atoms with Crippen LogP contribution in [-0.2, 0) is 0 Å². The number of hydrogen-bond acceptors (Lipinski definition) is 2. The molecule has 0 unspecified atom stereocenters. The zero-order valence-electron chi connectivity index (χ0n) is 13.4. The normalized spacial score (nSPS) is 16.6. The summed E-state index contributed by atoms with van der Waals surface area (Å²) in [6.45, 7) is 7.59. The minimum atomic E-state index is -0.535. The standard InChI is InChI=1S/C16H23ClF2N2.2ClH/c1-11(2)3-4-15(21-7-5-20-6-8-21)16-13(18)9-12(17)10-14(16)19;;/h9-11,15,20H,3-8H2,1-2H3;2*1H/t15-;;/m0../s1. The van der Waals surface area contributed by atoms with Crippen molar-refractivity contribution in [2.45, 2.75) is 32.7 Å². The van der Waals surface area contributed by atoms with Gasteiger partial charge in [0.1, 0.15) is 11.6 Å². The summed E-state index contributed by atoms with van der Waals surface area (Å²) in [5.74, 6) is -0.562. The fraction of sp³-hybridized carbons (Fsp3) is 0.625. The lowest BCUT2D eigenvalue weighted by Crippen LogP contribution is -2.45. The maximum atomic E-state index is 14.3. The quantitative estimate of drug-likeness (QED) is 0.775. The first-order valence-corrected chi connectivity index (χ1v) is 7.96. The second-order valence-corrected chi connectivity index (χ2v) is 6.49. The Morgan fingerprint density at radius 1 is 1.09 bits per heavy atom. The first kappa shape index (κ1) is 22.9. The average molecular weight is 390 g/mol. The molecule has 1 aliphatic heterocycles. The highest BCUT2D eigenvalue weighted by atomic mass is 35.5. The van der Waals surface area contributed by atoms with Gasteiger partial charge in [0, 0.05) is 42.8 Å². The van der Waals surface area contributed by atoms with Gasteiger partial charge in [0.2, 0.25) is 0 Å². The molecule has 23 heavy (non-hydrogen) atoms. The van der Waals surface area contributed by atoms with Crippen LogP contribution in [0, 0.1) is 17.6 Å². The van der Waals surface area contributed by atoms with E-state index in [0.717, 1.165) is 39.0 Å². The highest BCUT2D eigenvalue weighted by Crippen LogP contribution is 2.33. The van der Waals surface area contributed by atoms with Crippen LogP contribution in [0.5, 0.6) is 0 Å². The van der Waals surface area contributed by atoms with E-state index < -0.39 is 11.6 Å². The van der Waals surface area contributed by atoms with Crippen LogP contribution in [0.25, 0.3) is 0 Å². The van der Waals surface area contributed by atoms with Crippen molar-refractivity contribution in [1.29, 1.82) is 0 Å². The predicted octanol–water partition coefficient (Wildman–Crippen LogP) is 4.84. The molecule has 1 heterocycles. The van der Waals surface area contributed by atoms with Gasteiger partial charge in [-0.05, 0) is 30.9 Å². The number of rotatable bonds is 5. The summed E-state index contributed by atoms with van der Waals surface area (Å²) in [6, 6.07) is 2.21. The van der Waals surface area contributed by atoms with E-state index in [9.17, 15) is 8.78 Å². The first-order chi connectivity index (χ1) is 9.99. The lowest BCUT2D eigenvalue weighted by Gasteiger charge is -2.36. The molecule has 1 aliphatic rings. The third-order valence-corrected chi connectivity index (χ3v) is 4.21. The van der Waals surface area contributed by atoms with Crippen molar-refractivity contribution in [2.75, 3.05) is 26.2 Å². The van der Waals surface area contributed by atoms with Gasteiger partial charge in [-0.2, -0.15) is 0 Å². The SMILES string of the molecule is CC(C)CC[C@@H](c1c(F)cc(Cl)cc1F)N1CCNCC1.Cl.Cl. The fourth-order valence-corrected chi connectivity index (χ4v) is 3.06. The Morgan fingerprint density at radius 2 is 1.61 bits per heavy atom. The van der Waals surface area contributed by atoms with E-state index in [2.05, 4.69) is 24.1 Å². The van der Waals surface area contributed by atoms with Gasteiger partial charge in [0.05, 0.1) is 0 Å². The number of benzene rings is 1. The Kier molecular flexibility index (Phi) is 10.6. The lowest BCUT2D eigenvalue weighted by molar-refractivity contribution is 0.153. The summed E-state index contributed by atoms with van der Waals surface area (Å²) in [4.78, 5) is 2.17. The zero-order chi connectivity index (χ0) is 15.4. The minimum absolute atomic E-state index is 0. The second kappa shape index (κ2) is 10.7. The van der Waals surface area contributed by atoms with Gasteiger partial charge in [-0.3, -0.25) is 4.90 Å². The number of hydrogen-bond donors (Lipinski definition) is 1. The largest absolute Gasteiger partial charge is 0.314 e. The molecule has 1 fully saturated rings. The number of nitrogens with one attached hydrogen (secondary N) is 1. The molecule has 1 aromatic carbocycles. The van der Waals surface area contributed by atoms with Crippen molar-refractivity contribution in [2.24, 2.45) is 5.92 Å². The van der Waals surface area contributed by atoms with E-state index in [4.69, 9.17) is 11.6 Å². The van der Waals surface area contributed by atoms with Gasteiger partial charge in [0.15, 0.2) is 0 Å². The van der Waals surface area contributed by atoms with Gasteiger partial charge < -0.3 is 5.32 Å². The van der Waals surface area contributed by atoms with Gasteiger partial charge in [-0.25, -0.2) is 8.78 Å². The molecule has 0 aromatic heterocycles. The summed E-state index contributed by atoms with van der Waals surface area (Å²) in [5, 5.41) is 3.38. The van der Waals surface area contributed by atoms with Crippen molar-refractivity contribution in [3.05, 3.63) is 34.4 Å². The van der Waals surface area contributed by atoms with E-state index in [1.807, 2.05) is 0 Å². The van der Waals surface area contributed by atoms with E-state index in [1.165, 1.54) is 12.1 Å². The van der Waals surface area contributed by atoms with Crippen LogP contribution in [0.3, 0.4) is 0 Å². The maximum Gasteiger partial charge on any atom is 0.132 e. The molecule has 1 N–H and O–H groups in total. The summed E-state index contributed by atoms with van der Waals surface area (Å²) >= 11 is 5.74. The molecule has 1 atom stereocenters. The van der Waals surface area contributed by atoms with Crippen LogP contribution in [0.2, 0.25) is 5.02 Å². The van der Waals surface area contributed by atoms with Crippen LogP contribution in [-0.4, -0.2) is 31.1 Å². The van der Waals surface area contributed by atoms with Crippen LogP contribution < -0.4 is 5.32 Å². The fourth-order valence-electron chi connectivity index (χ4n) is 2.87. The number of nitrogens with zero attached hydrogens (tertiary/aromatic N) is 1. The Hall–Kier alpha value is -0.130. The predicted molar refractivity (Wildman–Crippen MR) is 97.1 cm³/mol.